The molecular formula is C13H19N5O. The van der Waals surface area contributed by atoms with E-state index >= 15 is 0 Å². The molecule has 0 radical (unpaired) electrons. The zero-order valence-electron chi connectivity index (χ0n) is 11.0. The zero-order chi connectivity index (χ0) is 13.7. The lowest BCUT2D eigenvalue weighted by Crippen LogP contribution is -2.21. The lowest BCUT2D eigenvalue weighted by molar-refractivity contribution is 0.415. The summed E-state index contributed by atoms with van der Waals surface area (Å²) in [6.45, 7) is 2.16. The minimum Gasteiger partial charge on any atom is -0.495 e. The average molecular weight is 261 g/mol. The molecule has 1 aromatic carbocycles. The fourth-order valence-electron chi connectivity index (χ4n) is 2.16. The summed E-state index contributed by atoms with van der Waals surface area (Å²) in [5, 5.41) is 7.35. The van der Waals surface area contributed by atoms with Crippen LogP contribution in [0.1, 0.15) is 18.4 Å². The van der Waals surface area contributed by atoms with E-state index in [1.165, 1.54) is 12.8 Å². The smallest absolute Gasteiger partial charge is 0.211 e. The fraction of sp³-hybridized carbons (Fsp3) is 0.385. The van der Waals surface area contributed by atoms with Gasteiger partial charge in [0.15, 0.2) is 0 Å². The lowest BCUT2D eigenvalue weighted by Gasteiger charge is -2.20. The minimum absolute atomic E-state index is 0.0584. The van der Waals surface area contributed by atoms with E-state index in [2.05, 4.69) is 15.1 Å². The first kappa shape index (κ1) is 13.2. The van der Waals surface area contributed by atoms with E-state index in [9.17, 15) is 0 Å². The van der Waals surface area contributed by atoms with Crippen molar-refractivity contribution in [2.75, 3.05) is 25.1 Å². The highest BCUT2D eigenvalue weighted by Gasteiger charge is 2.16. The van der Waals surface area contributed by atoms with Crippen molar-refractivity contribution in [1.82, 2.24) is 0 Å². The SMILES string of the molecule is COc1cc(C=NN=C(N)N)ccc1N1CCCC1. The topological polar surface area (TPSA) is 89.2 Å². The predicted molar refractivity (Wildman–Crippen MR) is 77.8 cm³/mol. The van der Waals surface area contributed by atoms with Gasteiger partial charge in [0, 0.05) is 13.1 Å². The Labute approximate surface area is 112 Å². The van der Waals surface area contributed by atoms with Crippen LogP contribution in [0.4, 0.5) is 5.69 Å². The number of rotatable bonds is 4. The molecule has 1 saturated heterocycles. The van der Waals surface area contributed by atoms with Crippen LogP contribution in [0.3, 0.4) is 0 Å². The number of anilines is 1. The molecule has 4 N–H and O–H groups in total. The van der Waals surface area contributed by atoms with E-state index in [0.29, 0.717) is 0 Å². The number of benzene rings is 1. The van der Waals surface area contributed by atoms with Crippen molar-refractivity contribution >= 4 is 17.9 Å². The summed E-state index contributed by atoms with van der Waals surface area (Å²) in [7, 11) is 1.67. The van der Waals surface area contributed by atoms with Crippen molar-refractivity contribution in [2.45, 2.75) is 12.8 Å². The van der Waals surface area contributed by atoms with Crippen molar-refractivity contribution in [2.24, 2.45) is 21.7 Å². The van der Waals surface area contributed by atoms with Crippen molar-refractivity contribution in [3.8, 4) is 5.75 Å². The third kappa shape index (κ3) is 3.37. The highest BCUT2D eigenvalue weighted by atomic mass is 16.5. The van der Waals surface area contributed by atoms with Gasteiger partial charge in [-0.05, 0) is 30.5 Å². The Hall–Kier alpha value is -2.24. The van der Waals surface area contributed by atoms with Crippen LogP contribution in [0.5, 0.6) is 5.75 Å². The van der Waals surface area contributed by atoms with Crippen LogP contribution in [0.25, 0.3) is 0 Å². The molecule has 1 fully saturated rings. The first-order valence-electron chi connectivity index (χ1n) is 6.25. The summed E-state index contributed by atoms with van der Waals surface area (Å²) < 4.78 is 5.44. The molecule has 0 aromatic heterocycles. The van der Waals surface area contributed by atoms with Crippen molar-refractivity contribution < 1.29 is 4.74 Å². The van der Waals surface area contributed by atoms with Gasteiger partial charge in [0.1, 0.15) is 5.75 Å². The Kier molecular flexibility index (Phi) is 4.22. The molecule has 1 heterocycles. The molecule has 1 aliphatic heterocycles. The average Bonchev–Trinajstić information content (AvgIpc) is 2.92. The number of nitrogens with zero attached hydrogens (tertiary/aromatic N) is 3. The highest BCUT2D eigenvalue weighted by molar-refractivity contribution is 5.83. The predicted octanol–water partition coefficient (Wildman–Crippen LogP) is 0.903. The summed E-state index contributed by atoms with van der Waals surface area (Å²) in [6, 6.07) is 5.95. The zero-order valence-corrected chi connectivity index (χ0v) is 11.0. The number of methoxy groups -OCH3 is 1. The molecule has 6 heteroatoms. The van der Waals surface area contributed by atoms with Crippen LogP contribution in [0.2, 0.25) is 0 Å². The normalized spacial score (nSPS) is 14.9. The van der Waals surface area contributed by atoms with Crippen LogP contribution in [-0.4, -0.2) is 32.4 Å². The van der Waals surface area contributed by atoms with Gasteiger partial charge in [0.2, 0.25) is 5.96 Å². The van der Waals surface area contributed by atoms with E-state index in [4.69, 9.17) is 16.2 Å². The van der Waals surface area contributed by atoms with Crippen LogP contribution >= 0.6 is 0 Å². The molecule has 1 aromatic rings. The van der Waals surface area contributed by atoms with Crippen LogP contribution < -0.4 is 21.1 Å². The van der Waals surface area contributed by atoms with E-state index in [1.54, 1.807) is 13.3 Å². The summed E-state index contributed by atoms with van der Waals surface area (Å²) in [4.78, 5) is 2.33. The van der Waals surface area contributed by atoms with Gasteiger partial charge in [0.25, 0.3) is 0 Å². The van der Waals surface area contributed by atoms with E-state index in [1.807, 2.05) is 18.2 Å². The summed E-state index contributed by atoms with van der Waals surface area (Å²) in [5.41, 5.74) is 12.4. The molecule has 2 rings (SSSR count). The number of hydrogen-bond donors (Lipinski definition) is 2. The maximum Gasteiger partial charge on any atom is 0.211 e. The van der Waals surface area contributed by atoms with Gasteiger partial charge < -0.3 is 21.1 Å². The van der Waals surface area contributed by atoms with E-state index in [0.717, 1.165) is 30.1 Å². The third-order valence-corrected chi connectivity index (χ3v) is 3.03. The molecule has 19 heavy (non-hydrogen) atoms. The second kappa shape index (κ2) is 6.08. The first-order valence-corrected chi connectivity index (χ1v) is 6.25. The van der Waals surface area contributed by atoms with Gasteiger partial charge in [-0.2, -0.15) is 5.10 Å². The Bertz CT molecular complexity index is 488. The Morgan fingerprint density at radius 2 is 2.05 bits per heavy atom. The van der Waals surface area contributed by atoms with Gasteiger partial charge in [-0.15, -0.1) is 5.10 Å². The van der Waals surface area contributed by atoms with Gasteiger partial charge in [-0.1, -0.05) is 6.07 Å². The number of guanidine groups is 1. The Morgan fingerprint density at radius 3 is 2.68 bits per heavy atom. The molecule has 0 unspecified atom stereocenters. The van der Waals surface area contributed by atoms with Crippen molar-refractivity contribution in [3.63, 3.8) is 0 Å². The Balaban J connectivity index is 2.20. The molecule has 0 aliphatic carbocycles. The van der Waals surface area contributed by atoms with Crippen molar-refractivity contribution in [1.29, 1.82) is 0 Å². The molecule has 0 atom stereocenters. The molecule has 0 bridgehead atoms. The molecule has 1 aliphatic rings. The van der Waals surface area contributed by atoms with Crippen LogP contribution in [0, 0.1) is 0 Å². The maximum absolute atomic E-state index is 5.44. The third-order valence-electron chi connectivity index (χ3n) is 3.03. The van der Waals surface area contributed by atoms with Crippen LogP contribution in [0.15, 0.2) is 28.4 Å². The van der Waals surface area contributed by atoms with Gasteiger partial charge in [0.05, 0.1) is 19.0 Å². The highest BCUT2D eigenvalue weighted by Crippen LogP contribution is 2.31. The summed E-state index contributed by atoms with van der Waals surface area (Å²) in [6.07, 6.45) is 4.06. The van der Waals surface area contributed by atoms with E-state index in [-0.39, 0.29) is 5.96 Å². The van der Waals surface area contributed by atoms with Crippen molar-refractivity contribution in [3.05, 3.63) is 23.8 Å². The quantitative estimate of drug-likeness (QED) is 0.479. The first-order chi connectivity index (χ1) is 9.20. The number of hydrogen-bond acceptors (Lipinski definition) is 4. The molecule has 0 saturated carbocycles. The standard InChI is InChI=1S/C13H19N5O/c1-19-12-8-10(9-16-17-13(14)15)4-5-11(12)18-6-2-3-7-18/h4-5,8-9H,2-3,6-7H2,1H3,(H4,14,15,17). The largest absolute Gasteiger partial charge is 0.495 e. The van der Waals surface area contributed by atoms with Crippen LogP contribution in [-0.2, 0) is 0 Å². The molecule has 0 spiro atoms. The monoisotopic (exact) mass is 261 g/mol. The van der Waals surface area contributed by atoms with E-state index < -0.39 is 0 Å². The minimum atomic E-state index is -0.0584. The molecule has 6 nitrogen and oxygen atoms in total. The van der Waals surface area contributed by atoms with Gasteiger partial charge >= 0.3 is 0 Å². The second-order valence-electron chi connectivity index (χ2n) is 4.39. The maximum atomic E-state index is 5.44. The molecular weight excluding hydrogens is 242 g/mol. The Morgan fingerprint density at radius 1 is 1.32 bits per heavy atom. The molecule has 0 amide bonds. The lowest BCUT2D eigenvalue weighted by atomic mass is 10.2. The number of nitrogens with two attached hydrogens (primary N) is 2. The molecule has 102 valence electrons. The van der Waals surface area contributed by atoms with Gasteiger partial charge in [-0.25, -0.2) is 0 Å². The summed E-state index contributed by atoms with van der Waals surface area (Å²) >= 11 is 0. The number of ether oxygens (including phenoxy) is 1. The summed E-state index contributed by atoms with van der Waals surface area (Å²) in [5.74, 6) is 0.785. The fourth-order valence-corrected chi connectivity index (χ4v) is 2.16. The van der Waals surface area contributed by atoms with Gasteiger partial charge in [-0.3, -0.25) is 0 Å². The second-order valence-corrected chi connectivity index (χ2v) is 4.39.